The zero-order valence-corrected chi connectivity index (χ0v) is 15.0. The lowest BCUT2D eigenvalue weighted by molar-refractivity contribution is 0.382. The van der Waals surface area contributed by atoms with Crippen molar-refractivity contribution in [1.29, 1.82) is 0 Å². The number of hydrogen-bond acceptors (Lipinski definition) is 3. The third-order valence-electron chi connectivity index (χ3n) is 3.81. The number of hydrogen-bond donors (Lipinski definition) is 1. The van der Waals surface area contributed by atoms with E-state index >= 15 is 0 Å². The predicted molar refractivity (Wildman–Crippen MR) is 97.6 cm³/mol. The molecule has 25 heavy (non-hydrogen) atoms. The molecule has 0 bridgehead atoms. The summed E-state index contributed by atoms with van der Waals surface area (Å²) in [6.07, 6.45) is 0. The zero-order chi connectivity index (χ0) is 18.2. The van der Waals surface area contributed by atoms with Crippen molar-refractivity contribution in [1.82, 2.24) is 10.2 Å². The Kier molecular flexibility index (Phi) is 6.62. The molecule has 0 unspecified atom stereocenters. The van der Waals surface area contributed by atoms with Gasteiger partial charge < -0.3 is 19.7 Å². The van der Waals surface area contributed by atoms with Gasteiger partial charge in [0.15, 0.2) is 5.96 Å². The Morgan fingerprint density at radius 3 is 2.60 bits per heavy atom. The van der Waals surface area contributed by atoms with Crippen LogP contribution in [-0.4, -0.2) is 39.2 Å². The van der Waals surface area contributed by atoms with Crippen molar-refractivity contribution in [2.24, 2.45) is 4.99 Å². The van der Waals surface area contributed by atoms with Crippen molar-refractivity contribution < 1.29 is 13.9 Å². The molecule has 0 aliphatic carbocycles. The number of benzene rings is 2. The minimum absolute atomic E-state index is 0.245. The molecular weight excluding hydrogens is 321 g/mol. The molecule has 0 fully saturated rings. The quantitative estimate of drug-likeness (QED) is 0.646. The van der Waals surface area contributed by atoms with E-state index in [-0.39, 0.29) is 5.82 Å². The van der Waals surface area contributed by atoms with Crippen LogP contribution in [0.1, 0.15) is 11.1 Å². The smallest absolute Gasteiger partial charge is 0.193 e. The average Bonchev–Trinajstić information content (AvgIpc) is 2.62. The van der Waals surface area contributed by atoms with Crippen LogP contribution in [0.2, 0.25) is 0 Å². The first-order chi connectivity index (χ1) is 12.1. The number of guanidine groups is 1. The Morgan fingerprint density at radius 2 is 1.96 bits per heavy atom. The van der Waals surface area contributed by atoms with E-state index in [1.54, 1.807) is 27.3 Å². The van der Waals surface area contributed by atoms with Gasteiger partial charge in [-0.25, -0.2) is 4.39 Å². The van der Waals surface area contributed by atoms with Crippen LogP contribution in [0.4, 0.5) is 4.39 Å². The van der Waals surface area contributed by atoms with Gasteiger partial charge in [-0.3, -0.25) is 4.99 Å². The number of ether oxygens (including phenoxy) is 2. The maximum Gasteiger partial charge on any atom is 0.193 e. The summed E-state index contributed by atoms with van der Waals surface area (Å²) in [6.45, 7) is 1.10. The minimum Gasteiger partial charge on any atom is -0.497 e. The lowest BCUT2D eigenvalue weighted by atomic mass is 10.2. The topological polar surface area (TPSA) is 46.1 Å². The van der Waals surface area contributed by atoms with Gasteiger partial charge in [0.1, 0.15) is 17.3 Å². The van der Waals surface area contributed by atoms with Crippen molar-refractivity contribution >= 4 is 5.96 Å². The molecule has 0 aliphatic heterocycles. The summed E-state index contributed by atoms with van der Waals surface area (Å²) in [6, 6.07) is 12.2. The van der Waals surface area contributed by atoms with Gasteiger partial charge in [-0.05, 0) is 29.8 Å². The fourth-order valence-corrected chi connectivity index (χ4v) is 2.53. The van der Waals surface area contributed by atoms with Crippen LogP contribution >= 0.6 is 0 Å². The minimum atomic E-state index is -0.245. The molecule has 0 heterocycles. The molecule has 2 rings (SSSR count). The fourth-order valence-electron chi connectivity index (χ4n) is 2.53. The second-order valence-electron chi connectivity index (χ2n) is 5.56. The highest BCUT2D eigenvalue weighted by atomic mass is 19.1. The summed E-state index contributed by atoms with van der Waals surface area (Å²) in [4.78, 5) is 6.26. The number of nitrogens with zero attached hydrogens (tertiary/aromatic N) is 2. The number of methoxy groups -OCH3 is 2. The molecule has 0 spiro atoms. The van der Waals surface area contributed by atoms with E-state index in [1.165, 1.54) is 12.1 Å². The SMILES string of the molecule is CN=C(NCc1cccc(F)c1)N(C)Cc1ccc(OC)cc1OC. The Labute approximate surface area is 148 Å². The van der Waals surface area contributed by atoms with E-state index in [9.17, 15) is 4.39 Å². The highest BCUT2D eigenvalue weighted by Crippen LogP contribution is 2.25. The lowest BCUT2D eigenvalue weighted by Gasteiger charge is -2.23. The van der Waals surface area contributed by atoms with Crippen molar-refractivity contribution in [3.05, 3.63) is 59.4 Å². The second-order valence-corrected chi connectivity index (χ2v) is 5.56. The van der Waals surface area contributed by atoms with E-state index < -0.39 is 0 Å². The standard InChI is InChI=1S/C19H24FN3O2/c1-21-19(22-12-14-6-5-7-16(20)10-14)23(2)13-15-8-9-17(24-3)11-18(15)25-4/h5-11H,12-13H2,1-4H3,(H,21,22). The zero-order valence-electron chi connectivity index (χ0n) is 15.0. The Morgan fingerprint density at radius 1 is 1.16 bits per heavy atom. The molecule has 0 amide bonds. The summed E-state index contributed by atoms with van der Waals surface area (Å²) < 4.78 is 23.9. The molecule has 1 N–H and O–H groups in total. The van der Waals surface area contributed by atoms with E-state index in [1.807, 2.05) is 36.2 Å². The van der Waals surface area contributed by atoms with Crippen LogP contribution in [0.25, 0.3) is 0 Å². The van der Waals surface area contributed by atoms with Gasteiger partial charge in [0.2, 0.25) is 0 Å². The van der Waals surface area contributed by atoms with Gasteiger partial charge in [0.25, 0.3) is 0 Å². The molecule has 5 nitrogen and oxygen atoms in total. The molecule has 2 aromatic carbocycles. The van der Waals surface area contributed by atoms with Gasteiger partial charge in [-0.1, -0.05) is 12.1 Å². The molecule has 0 saturated heterocycles. The Balaban J connectivity index is 2.04. The molecule has 0 aromatic heterocycles. The summed E-state index contributed by atoms with van der Waals surface area (Å²) in [7, 11) is 6.91. The summed E-state index contributed by atoms with van der Waals surface area (Å²) >= 11 is 0. The fraction of sp³-hybridized carbons (Fsp3) is 0.316. The number of halogens is 1. The van der Waals surface area contributed by atoms with Gasteiger partial charge in [-0.2, -0.15) is 0 Å². The number of aliphatic imine (C=N–C) groups is 1. The van der Waals surface area contributed by atoms with Crippen LogP contribution in [0.3, 0.4) is 0 Å². The first kappa shape index (κ1) is 18.6. The van der Waals surface area contributed by atoms with Gasteiger partial charge >= 0.3 is 0 Å². The van der Waals surface area contributed by atoms with E-state index in [0.29, 0.717) is 19.0 Å². The highest BCUT2D eigenvalue weighted by Gasteiger charge is 2.11. The van der Waals surface area contributed by atoms with Crippen LogP contribution < -0.4 is 14.8 Å². The summed E-state index contributed by atoms with van der Waals surface area (Å²) in [5.74, 6) is 1.97. The third-order valence-corrected chi connectivity index (χ3v) is 3.81. The molecule has 6 heteroatoms. The van der Waals surface area contributed by atoms with Crippen LogP contribution in [0.15, 0.2) is 47.5 Å². The lowest BCUT2D eigenvalue weighted by Crippen LogP contribution is -2.38. The molecule has 0 radical (unpaired) electrons. The second kappa shape index (κ2) is 8.92. The normalized spacial score (nSPS) is 11.2. The van der Waals surface area contributed by atoms with Crippen molar-refractivity contribution in [2.45, 2.75) is 13.1 Å². The van der Waals surface area contributed by atoms with E-state index in [4.69, 9.17) is 9.47 Å². The van der Waals surface area contributed by atoms with E-state index in [2.05, 4.69) is 10.3 Å². The molecule has 0 atom stereocenters. The maximum absolute atomic E-state index is 13.3. The van der Waals surface area contributed by atoms with Crippen molar-refractivity contribution in [3.63, 3.8) is 0 Å². The third kappa shape index (κ3) is 5.11. The summed E-state index contributed by atoms with van der Waals surface area (Å²) in [5, 5.41) is 3.24. The van der Waals surface area contributed by atoms with Crippen LogP contribution in [0.5, 0.6) is 11.5 Å². The molecule has 0 saturated carbocycles. The molecule has 134 valence electrons. The Bertz CT molecular complexity index is 734. The first-order valence-corrected chi connectivity index (χ1v) is 7.94. The molecular formula is C19H24FN3O2. The van der Waals surface area contributed by atoms with E-state index in [0.717, 1.165) is 22.6 Å². The Hall–Kier alpha value is -2.76. The maximum atomic E-state index is 13.3. The van der Waals surface area contributed by atoms with Crippen molar-refractivity contribution in [2.75, 3.05) is 28.3 Å². The van der Waals surface area contributed by atoms with Gasteiger partial charge in [-0.15, -0.1) is 0 Å². The summed E-state index contributed by atoms with van der Waals surface area (Å²) in [5.41, 5.74) is 1.87. The molecule has 2 aromatic rings. The predicted octanol–water partition coefficient (Wildman–Crippen LogP) is 3.05. The molecule has 0 aliphatic rings. The van der Waals surface area contributed by atoms with Crippen LogP contribution in [0, 0.1) is 5.82 Å². The number of rotatable bonds is 6. The van der Waals surface area contributed by atoms with Gasteiger partial charge in [0.05, 0.1) is 14.2 Å². The van der Waals surface area contributed by atoms with Gasteiger partial charge in [0, 0.05) is 38.8 Å². The first-order valence-electron chi connectivity index (χ1n) is 7.94. The largest absolute Gasteiger partial charge is 0.497 e. The van der Waals surface area contributed by atoms with Crippen LogP contribution in [-0.2, 0) is 13.1 Å². The van der Waals surface area contributed by atoms with Crippen molar-refractivity contribution in [3.8, 4) is 11.5 Å². The highest BCUT2D eigenvalue weighted by molar-refractivity contribution is 5.79. The number of nitrogens with one attached hydrogen (secondary N) is 1. The monoisotopic (exact) mass is 345 g/mol. The average molecular weight is 345 g/mol.